The molecular formula is C29H26ClN3O5. The number of carboxylic acids is 1. The van der Waals surface area contributed by atoms with Gasteiger partial charge in [0.2, 0.25) is 5.88 Å². The second-order valence-electron chi connectivity index (χ2n) is 8.70. The standard InChI is InChI=1S/C29H26ClN3O5/c1-18(34)24-13-10-21(30)15-25(24)26-16-27(35)33(32-28(26)38-2)23(14-19-6-4-3-5-7-19)17-31-22-11-8-20(9-12-22)29(36)37/h3-13,15-16,23,31H,14,17H2,1-2H3,(H,36,37)/t23-/m0/s1. The zero-order valence-electron chi connectivity index (χ0n) is 20.8. The molecule has 0 unspecified atom stereocenters. The summed E-state index contributed by atoms with van der Waals surface area (Å²) >= 11 is 6.21. The number of ether oxygens (including phenoxy) is 1. The average molecular weight is 532 g/mol. The van der Waals surface area contributed by atoms with Gasteiger partial charge in [-0.2, -0.15) is 0 Å². The number of benzene rings is 3. The van der Waals surface area contributed by atoms with Crippen molar-refractivity contribution >= 4 is 29.0 Å². The van der Waals surface area contributed by atoms with E-state index in [1.54, 1.807) is 30.3 Å². The van der Waals surface area contributed by atoms with Gasteiger partial charge in [0.15, 0.2) is 5.78 Å². The van der Waals surface area contributed by atoms with Crippen LogP contribution >= 0.6 is 11.6 Å². The smallest absolute Gasteiger partial charge is 0.335 e. The molecule has 0 radical (unpaired) electrons. The van der Waals surface area contributed by atoms with Gasteiger partial charge < -0.3 is 15.2 Å². The number of nitrogens with one attached hydrogen (secondary N) is 1. The lowest BCUT2D eigenvalue weighted by Gasteiger charge is -2.22. The van der Waals surface area contributed by atoms with E-state index in [0.29, 0.717) is 40.4 Å². The van der Waals surface area contributed by atoms with E-state index in [2.05, 4.69) is 10.4 Å². The number of anilines is 1. The number of Topliss-reactive ketones (excluding diaryl/α,β-unsaturated/α-hetero) is 1. The molecule has 0 amide bonds. The van der Waals surface area contributed by atoms with Gasteiger partial charge in [-0.25, -0.2) is 9.48 Å². The summed E-state index contributed by atoms with van der Waals surface area (Å²) in [6.07, 6.45) is 0.492. The molecule has 0 saturated carbocycles. The first-order valence-corrected chi connectivity index (χ1v) is 12.2. The molecule has 0 fully saturated rings. The van der Waals surface area contributed by atoms with E-state index in [4.69, 9.17) is 21.4 Å². The third-order valence-electron chi connectivity index (χ3n) is 6.10. The molecule has 4 rings (SSSR count). The van der Waals surface area contributed by atoms with Crippen LogP contribution in [0.15, 0.2) is 83.7 Å². The molecule has 3 aromatic carbocycles. The predicted molar refractivity (Wildman–Crippen MR) is 147 cm³/mol. The molecule has 194 valence electrons. The van der Waals surface area contributed by atoms with Gasteiger partial charge in [-0.3, -0.25) is 9.59 Å². The number of aromatic carboxylic acids is 1. The summed E-state index contributed by atoms with van der Waals surface area (Å²) in [7, 11) is 1.45. The molecule has 38 heavy (non-hydrogen) atoms. The van der Waals surface area contributed by atoms with Crippen LogP contribution in [0.2, 0.25) is 5.02 Å². The number of methoxy groups -OCH3 is 1. The zero-order chi connectivity index (χ0) is 27.2. The largest absolute Gasteiger partial charge is 0.480 e. The van der Waals surface area contributed by atoms with Gasteiger partial charge in [0.25, 0.3) is 5.56 Å². The topological polar surface area (TPSA) is 111 Å². The number of rotatable bonds is 10. The SMILES string of the molecule is COc1nn([C@H](CNc2ccc(C(=O)O)cc2)Cc2ccccc2)c(=O)cc1-c1cc(Cl)ccc1C(C)=O. The Morgan fingerprint density at radius 3 is 2.37 bits per heavy atom. The Bertz CT molecular complexity index is 1520. The summed E-state index contributed by atoms with van der Waals surface area (Å²) in [6, 6.07) is 21.9. The molecule has 0 bridgehead atoms. The van der Waals surface area contributed by atoms with Crippen molar-refractivity contribution in [1.82, 2.24) is 9.78 Å². The Hall–Kier alpha value is -4.43. The number of hydrogen-bond acceptors (Lipinski definition) is 6. The number of ketones is 1. The highest BCUT2D eigenvalue weighted by Crippen LogP contribution is 2.32. The minimum Gasteiger partial charge on any atom is -0.480 e. The molecule has 1 heterocycles. The lowest BCUT2D eigenvalue weighted by molar-refractivity contribution is 0.0696. The summed E-state index contributed by atoms with van der Waals surface area (Å²) < 4.78 is 6.93. The molecule has 2 N–H and O–H groups in total. The molecule has 0 aliphatic heterocycles. The average Bonchev–Trinajstić information content (AvgIpc) is 2.91. The van der Waals surface area contributed by atoms with Crippen molar-refractivity contribution < 1.29 is 19.4 Å². The van der Waals surface area contributed by atoms with Crippen molar-refractivity contribution in [1.29, 1.82) is 0 Å². The number of hydrogen-bond donors (Lipinski definition) is 2. The van der Waals surface area contributed by atoms with E-state index >= 15 is 0 Å². The van der Waals surface area contributed by atoms with Crippen LogP contribution < -0.4 is 15.6 Å². The number of carbonyl (C=O) groups is 2. The molecule has 4 aromatic rings. The van der Waals surface area contributed by atoms with Crippen molar-refractivity contribution in [2.24, 2.45) is 0 Å². The van der Waals surface area contributed by atoms with E-state index in [1.807, 2.05) is 30.3 Å². The fraction of sp³-hybridized carbons (Fsp3) is 0.172. The first-order chi connectivity index (χ1) is 18.3. The summed E-state index contributed by atoms with van der Waals surface area (Å²) in [6.45, 7) is 1.77. The fourth-order valence-corrected chi connectivity index (χ4v) is 4.37. The van der Waals surface area contributed by atoms with Crippen molar-refractivity contribution in [3.05, 3.63) is 111 Å². The molecule has 0 spiro atoms. The Balaban J connectivity index is 1.73. The van der Waals surface area contributed by atoms with Gasteiger partial charge in [0, 0.05) is 28.9 Å². The van der Waals surface area contributed by atoms with Gasteiger partial charge in [0.1, 0.15) is 0 Å². The van der Waals surface area contributed by atoms with Gasteiger partial charge in [-0.15, -0.1) is 5.10 Å². The van der Waals surface area contributed by atoms with Crippen LogP contribution in [-0.4, -0.2) is 40.3 Å². The Labute approximate surface area is 224 Å². The molecule has 9 heteroatoms. The quantitative estimate of drug-likeness (QED) is 0.265. The summed E-state index contributed by atoms with van der Waals surface area (Å²) in [5, 5.41) is 17.4. The number of aromatic nitrogens is 2. The van der Waals surface area contributed by atoms with Crippen LogP contribution in [0.4, 0.5) is 5.69 Å². The Morgan fingerprint density at radius 2 is 1.74 bits per heavy atom. The summed E-state index contributed by atoms with van der Waals surface area (Å²) in [5.41, 5.74) is 2.76. The lowest BCUT2D eigenvalue weighted by Crippen LogP contribution is -2.33. The highest BCUT2D eigenvalue weighted by molar-refractivity contribution is 6.31. The Kier molecular flexibility index (Phi) is 8.23. The van der Waals surface area contributed by atoms with Gasteiger partial charge in [-0.05, 0) is 66.9 Å². The highest BCUT2D eigenvalue weighted by atomic mass is 35.5. The molecule has 1 atom stereocenters. The van der Waals surface area contributed by atoms with E-state index in [9.17, 15) is 14.4 Å². The van der Waals surface area contributed by atoms with Crippen LogP contribution in [0.5, 0.6) is 5.88 Å². The van der Waals surface area contributed by atoms with E-state index < -0.39 is 12.0 Å². The van der Waals surface area contributed by atoms with E-state index in [0.717, 1.165) is 5.56 Å². The van der Waals surface area contributed by atoms with Gasteiger partial charge in [0.05, 0.1) is 24.3 Å². The van der Waals surface area contributed by atoms with Crippen LogP contribution in [0.3, 0.4) is 0 Å². The fourth-order valence-electron chi connectivity index (χ4n) is 4.20. The number of carboxylic acid groups (broad SMARTS) is 1. The van der Waals surface area contributed by atoms with Crippen molar-refractivity contribution in [3.8, 4) is 17.0 Å². The molecular weight excluding hydrogens is 506 g/mol. The normalized spacial score (nSPS) is 11.6. The molecule has 8 nitrogen and oxygen atoms in total. The van der Waals surface area contributed by atoms with Crippen molar-refractivity contribution in [2.75, 3.05) is 19.0 Å². The van der Waals surface area contributed by atoms with Gasteiger partial charge in [-0.1, -0.05) is 41.9 Å². The van der Waals surface area contributed by atoms with Crippen molar-refractivity contribution in [3.63, 3.8) is 0 Å². The third-order valence-corrected chi connectivity index (χ3v) is 6.34. The number of halogens is 1. The predicted octanol–water partition coefficient (Wildman–Crippen LogP) is 5.37. The Morgan fingerprint density at radius 1 is 1.03 bits per heavy atom. The maximum absolute atomic E-state index is 13.4. The molecule has 0 aliphatic rings. The van der Waals surface area contributed by atoms with Crippen LogP contribution in [0, 0.1) is 0 Å². The van der Waals surface area contributed by atoms with Crippen LogP contribution in [-0.2, 0) is 6.42 Å². The van der Waals surface area contributed by atoms with Crippen LogP contribution in [0.25, 0.3) is 11.1 Å². The second-order valence-corrected chi connectivity index (χ2v) is 9.14. The summed E-state index contributed by atoms with van der Waals surface area (Å²) in [4.78, 5) is 36.9. The second kappa shape index (κ2) is 11.7. The van der Waals surface area contributed by atoms with E-state index in [1.165, 1.54) is 36.9 Å². The van der Waals surface area contributed by atoms with Crippen LogP contribution in [0.1, 0.15) is 39.2 Å². The molecule has 0 saturated heterocycles. The lowest BCUT2D eigenvalue weighted by atomic mass is 9.98. The first kappa shape index (κ1) is 26.6. The number of carbonyl (C=O) groups excluding carboxylic acids is 1. The third kappa shape index (κ3) is 6.10. The van der Waals surface area contributed by atoms with Crippen molar-refractivity contribution in [2.45, 2.75) is 19.4 Å². The zero-order valence-corrected chi connectivity index (χ0v) is 21.6. The maximum atomic E-state index is 13.4. The van der Waals surface area contributed by atoms with Gasteiger partial charge >= 0.3 is 5.97 Å². The molecule has 1 aromatic heterocycles. The minimum absolute atomic E-state index is 0.178. The highest BCUT2D eigenvalue weighted by Gasteiger charge is 2.21. The monoisotopic (exact) mass is 531 g/mol. The minimum atomic E-state index is -1.01. The first-order valence-electron chi connectivity index (χ1n) is 11.9. The maximum Gasteiger partial charge on any atom is 0.335 e. The van der Waals surface area contributed by atoms with E-state index in [-0.39, 0.29) is 22.8 Å². The number of nitrogens with zero attached hydrogens (tertiary/aromatic N) is 2. The molecule has 0 aliphatic carbocycles. The summed E-state index contributed by atoms with van der Waals surface area (Å²) in [5.74, 6) is -1.00.